The highest BCUT2D eigenvalue weighted by atomic mass is 32.1. The Morgan fingerprint density at radius 1 is 1.14 bits per heavy atom. The van der Waals surface area contributed by atoms with E-state index in [4.69, 9.17) is 4.74 Å². The molecule has 1 amide bonds. The lowest BCUT2D eigenvalue weighted by molar-refractivity contribution is -0.118. The van der Waals surface area contributed by atoms with Crippen LogP contribution in [-0.4, -0.2) is 35.0 Å². The van der Waals surface area contributed by atoms with Crippen LogP contribution in [-0.2, 0) is 22.4 Å². The normalized spacial score (nSPS) is 10.7. The molecule has 0 radical (unpaired) electrons. The Kier molecular flexibility index (Phi) is 7.11. The molecule has 0 atom stereocenters. The van der Waals surface area contributed by atoms with Crippen molar-refractivity contribution in [2.24, 2.45) is 0 Å². The predicted molar refractivity (Wildman–Crippen MR) is 116 cm³/mol. The van der Waals surface area contributed by atoms with Crippen LogP contribution in [0.4, 0.5) is 5.13 Å². The molecule has 0 aliphatic carbocycles. The Morgan fingerprint density at radius 3 is 2.55 bits per heavy atom. The van der Waals surface area contributed by atoms with Gasteiger partial charge >= 0.3 is 5.97 Å². The Labute approximate surface area is 178 Å². The van der Waals surface area contributed by atoms with Crippen LogP contribution in [0.25, 0.3) is 0 Å². The standard InChI is InChI=1S/C21H23N3O3S2/c1-4-27-20(26)19-14(2)29-21(23-19)24(11-10-16-8-6-5-7-9-16)18(25)12-17-13-28-15(3)22-17/h5-9,13H,4,10-12H2,1-3H3. The van der Waals surface area contributed by atoms with E-state index in [9.17, 15) is 9.59 Å². The zero-order chi connectivity index (χ0) is 20.8. The van der Waals surface area contributed by atoms with Crippen molar-refractivity contribution in [1.29, 1.82) is 0 Å². The molecule has 0 unspecified atom stereocenters. The SMILES string of the molecule is CCOC(=O)c1nc(N(CCc2ccccc2)C(=O)Cc2csc(C)n2)sc1C. The molecule has 29 heavy (non-hydrogen) atoms. The number of hydrogen-bond donors (Lipinski definition) is 0. The van der Waals surface area contributed by atoms with Crippen molar-refractivity contribution in [2.75, 3.05) is 18.1 Å². The Balaban J connectivity index is 1.84. The van der Waals surface area contributed by atoms with Gasteiger partial charge in [0.1, 0.15) is 0 Å². The van der Waals surface area contributed by atoms with Crippen LogP contribution >= 0.6 is 22.7 Å². The number of thiazole rings is 2. The fraction of sp³-hybridized carbons (Fsp3) is 0.333. The van der Waals surface area contributed by atoms with Gasteiger partial charge in [-0.1, -0.05) is 30.3 Å². The maximum atomic E-state index is 13.1. The van der Waals surface area contributed by atoms with Gasteiger partial charge in [-0.2, -0.15) is 0 Å². The van der Waals surface area contributed by atoms with E-state index in [1.54, 1.807) is 11.8 Å². The molecule has 8 heteroatoms. The van der Waals surface area contributed by atoms with Crippen LogP contribution in [0, 0.1) is 13.8 Å². The Hall–Kier alpha value is -2.58. The van der Waals surface area contributed by atoms with Crippen molar-refractivity contribution in [3.8, 4) is 0 Å². The third kappa shape index (κ3) is 5.48. The van der Waals surface area contributed by atoms with Crippen LogP contribution in [0.5, 0.6) is 0 Å². The van der Waals surface area contributed by atoms with E-state index in [0.29, 0.717) is 18.1 Å². The summed E-state index contributed by atoms with van der Waals surface area (Å²) in [6.07, 6.45) is 0.891. The number of anilines is 1. The van der Waals surface area contributed by atoms with E-state index in [0.717, 1.165) is 21.1 Å². The minimum absolute atomic E-state index is 0.0876. The van der Waals surface area contributed by atoms with Gasteiger partial charge in [0, 0.05) is 16.8 Å². The highest BCUT2D eigenvalue weighted by Gasteiger charge is 2.24. The maximum absolute atomic E-state index is 13.1. The van der Waals surface area contributed by atoms with E-state index in [1.807, 2.05) is 49.6 Å². The van der Waals surface area contributed by atoms with Gasteiger partial charge in [0.2, 0.25) is 5.91 Å². The highest BCUT2D eigenvalue weighted by Crippen LogP contribution is 2.27. The van der Waals surface area contributed by atoms with Gasteiger partial charge < -0.3 is 4.74 Å². The molecular weight excluding hydrogens is 406 g/mol. The summed E-state index contributed by atoms with van der Waals surface area (Å²) in [5.41, 5.74) is 2.16. The first-order valence-electron chi connectivity index (χ1n) is 9.37. The Morgan fingerprint density at radius 2 is 1.90 bits per heavy atom. The van der Waals surface area contributed by atoms with Gasteiger partial charge in [-0.3, -0.25) is 9.69 Å². The molecule has 2 heterocycles. The number of esters is 1. The number of aryl methyl sites for hydroxylation is 2. The number of carbonyl (C=O) groups excluding carboxylic acids is 2. The topological polar surface area (TPSA) is 72.4 Å². The second kappa shape index (κ2) is 9.76. The molecule has 0 saturated carbocycles. The van der Waals surface area contributed by atoms with E-state index in [-0.39, 0.29) is 24.6 Å². The number of benzene rings is 1. The largest absolute Gasteiger partial charge is 0.461 e. The molecule has 6 nitrogen and oxygen atoms in total. The summed E-state index contributed by atoms with van der Waals surface area (Å²) in [7, 11) is 0. The van der Waals surface area contributed by atoms with Gasteiger partial charge in [0.25, 0.3) is 0 Å². The fourth-order valence-corrected chi connectivity index (χ4v) is 4.39. The zero-order valence-corrected chi connectivity index (χ0v) is 18.3. The first-order chi connectivity index (χ1) is 14.0. The lowest BCUT2D eigenvalue weighted by atomic mass is 10.1. The lowest BCUT2D eigenvalue weighted by Crippen LogP contribution is -2.34. The molecule has 0 N–H and O–H groups in total. The fourth-order valence-electron chi connectivity index (χ4n) is 2.84. The van der Waals surface area contributed by atoms with E-state index in [1.165, 1.54) is 22.7 Å². The average Bonchev–Trinajstić information content (AvgIpc) is 3.28. The lowest BCUT2D eigenvalue weighted by Gasteiger charge is -2.19. The van der Waals surface area contributed by atoms with Crippen LogP contribution in [0.3, 0.4) is 0 Å². The first-order valence-corrected chi connectivity index (χ1v) is 11.1. The third-order valence-electron chi connectivity index (χ3n) is 4.25. The summed E-state index contributed by atoms with van der Waals surface area (Å²) in [4.78, 5) is 36.5. The average molecular weight is 430 g/mol. The summed E-state index contributed by atoms with van der Waals surface area (Å²) in [5.74, 6) is -0.548. The van der Waals surface area contributed by atoms with Crippen LogP contribution in [0.2, 0.25) is 0 Å². The third-order valence-corrected chi connectivity index (χ3v) is 6.07. The molecule has 0 bridgehead atoms. The number of nitrogens with zero attached hydrogens (tertiary/aromatic N) is 3. The van der Waals surface area contributed by atoms with Gasteiger partial charge in [0.15, 0.2) is 10.8 Å². The predicted octanol–water partition coefficient (Wildman–Crippen LogP) is 4.21. The van der Waals surface area contributed by atoms with Crippen LogP contribution in [0.1, 0.15) is 38.6 Å². The van der Waals surface area contributed by atoms with Gasteiger partial charge in [-0.25, -0.2) is 14.8 Å². The van der Waals surface area contributed by atoms with Crippen molar-refractivity contribution in [3.63, 3.8) is 0 Å². The van der Waals surface area contributed by atoms with E-state index >= 15 is 0 Å². The monoisotopic (exact) mass is 429 g/mol. The Bertz CT molecular complexity index is 982. The van der Waals surface area contributed by atoms with Crippen LogP contribution in [0.15, 0.2) is 35.7 Å². The number of ether oxygens (including phenoxy) is 1. The van der Waals surface area contributed by atoms with Gasteiger partial charge in [0.05, 0.1) is 23.7 Å². The molecule has 0 saturated heterocycles. The van der Waals surface area contributed by atoms with Crippen LogP contribution < -0.4 is 4.90 Å². The molecule has 0 aliphatic heterocycles. The highest BCUT2D eigenvalue weighted by molar-refractivity contribution is 7.16. The molecule has 1 aromatic carbocycles. The molecule has 2 aromatic heterocycles. The summed E-state index contributed by atoms with van der Waals surface area (Å²) in [6, 6.07) is 9.98. The number of carbonyl (C=O) groups is 2. The molecule has 3 rings (SSSR count). The first kappa shape index (κ1) is 21.1. The zero-order valence-electron chi connectivity index (χ0n) is 16.7. The van der Waals surface area contributed by atoms with E-state index < -0.39 is 5.97 Å². The quantitative estimate of drug-likeness (QED) is 0.502. The van der Waals surface area contributed by atoms with Crippen molar-refractivity contribution in [2.45, 2.75) is 33.6 Å². The van der Waals surface area contributed by atoms with E-state index in [2.05, 4.69) is 9.97 Å². The van der Waals surface area contributed by atoms with Crippen molar-refractivity contribution in [3.05, 3.63) is 62.5 Å². The number of hydrogen-bond acceptors (Lipinski definition) is 7. The number of aromatic nitrogens is 2. The van der Waals surface area contributed by atoms with Crippen molar-refractivity contribution < 1.29 is 14.3 Å². The summed E-state index contributed by atoms with van der Waals surface area (Å²) < 4.78 is 5.08. The maximum Gasteiger partial charge on any atom is 0.358 e. The molecule has 0 fully saturated rings. The smallest absolute Gasteiger partial charge is 0.358 e. The molecule has 3 aromatic rings. The molecule has 0 spiro atoms. The minimum atomic E-state index is -0.460. The van der Waals surface area contributed by atoms with Crippen molar-refractivity contribution in [1.82, 2.24) is 9.97 Å². The second-order valence-electron chi connectivity index (χ2n) is 6.44. The van der Waals surface area contributed by atoms with Crippen molar-refractivity contribution >= 4 is 39.7 Å². The molecule has 0 aliphatic rings. The van der Waals surface area contributed by atoms with Gasteiger partial charge in [-0.15, -0.1) is 22.7 Å². The summed E-state index contributed by atoms with van der Waals surface area (Å²) in [5, 5.41) is 3.34. The summed E-state index contributed by atoms with van der Waals surface area (Å²) in [6.45, 7) is 6.25. The molecule has 152 valence electrons. The second-order valence-corrected chi connectivity index (χ2v) is 8.68. The number of amides is 1. The summed E-state index contributed by atoms with van der Waals surface area (Å²) >= 11 is 2.86. The minimum Gasteiger partial charge on any atom is -0.461 e. The molecular formula is C21H23N3O3S2. The number of rotatable bonds is 8. The van der Waals surface area contributed by atoms with Gasteiger partial charge in [-0.05, 0) is 32.8 Å².